The fraction of sp³-hybridized carbons (Fsp3) is 0. The van der Waals surface area contributed by atoms with E-state index in [1.54, 1.807) is 12.4 Å². The summed E-state index contributed by atoms with van der Waals surface area (Å²) in [5, 5.41) is 8.97. The minimum atomic E-state index is 0.0674. The molecule has 2 aromatic heterocycles. The monoisotopic (exact) mass is 173 g/mol. The Bertz CT molecular complexity index is 385. The topological polar surface area (TPSA) is 58.9 Å². The van der Waals surface area contributed by atoms with Gasteiger partial charge in [0.25, 0.3) is 0 Å². The van der Waals surface area contributed by atoms with Gasteiger partial charge >= 0.3 is 0 Å². The maximum Gasteiger partial charge on any atom is 0.159 e. The maximum absolute atomic E-state index is 8.97. The predicted molar refractivity (Wildman–Crippen MR) is 46.9 cm³/mol. The lowest BCUT2D eigenvalue weighted by atomic mass is 10.2. The van der Waals surface area contributed by atoms with Crippen molar-refractivity contribution in [3.63, 3.8) is 0 Å². The summed E-state index contributed by atoms with van der Waals surface area (Å²) in [4.78, 5) is 11.8. The molecule has 0 aromatic carbocycles. The predicted octanol–water partition coefficient (Wildman–Crippen LogP) is 1.24. The molecule has 0 amide bonds. The average molecular weight is 173 g/mol. The molecule has 0 aliphatic carbocycles. The largest absolute Gasteiger partial charge is 0.505 e. The first kappa shape index (κ1) is 7.67. The minimum Gasteiger partial charge on any atom is -0.505 e. The highest BCUT2D eigenvalue weighted by molar-refractivity contribution is 5.53. The van der Waals surface area contributed by atoms with Crippen molar-refractivity contribution in [3.05, 3.63) is 36.9 Å². The Labute approximate surface area is 74.9 Å². The van der Waals surface area contributed by atoms with E-state index in [0.717, 1.165) is 5.56 Å². The van der Waals surface area contributed by atoms with Crippen LogP contribution in [0.4, 0.5) is 0 Å². The number of aromatic hydroxyl groups is 1. The van der Waals surface area contributed by atoms with Gasteiger partial charge in [0.15, 0.2) is 11.6 Å². The van der Waals surface area contributed by atoms with Gasteiger partial charge in [0.2, 0.25) is 0 Å². The quantitative estimate of drug-likeness (QED) is 0.704. The summed E-state index contributed by atoms with van der Waals surface area (Å²) in [6.07, 6.45) is 6.07. The van der Waals surface area contributed by atoms with Gasteiger partial charge in [-0.05, 0) is 12.1 Å². The molecule has 0 bridgehead atoms. The van der Waals surface area contributed by atoms with Crippen molar-refractivity contribution in [2.45, 2.75) is 0 Å². The van der Waals surface area contributed by atoms with Gasteiger partial charge in [-0.1, -0.05) is 0 Å². The van der Waals surface area contributed by atoms with Gasteiger partial charge in [0, 0.05) is 18.0 Å². The molecule has 0 fully saturated rings. The van der Waals surface area contributed by atoms with Gasteiger partial charge in [-0.3, -0.25) is 4.98 Å². The van der Waals surface area contributed by atoms with Gasteiger partial charge in [-0.25, -0.2) is 9.97 Å². The highest BCUT2D eigenvalue weighted by Gasteiger charge is 1.98. The van der Waals surface area contributed by atoms with Crippen molar-refractivity contribution in [2.24, 2.45) is 0 Å². The number of pyridine rings is 1. The van der Waals surface area contributed by atoms with E-state index in [4.69, 9.17) is 5.11 Å². The molecule has 0 radical (unpaired) electrons. The third-order valence-corrected chi connectivity index (χ3v) is 1.58. The van der Waals surface area contributed by atoms with Crippen LogP contribution in [-0.4, -0.2) is 20.1 Å². The lowest BCUT2D eigenvalue weighted by Gasteiger charge is -1.97. The molecule has 0 unspecified atom stereocenters. The molecule has 0 aliphatic rings. The van der Waals surface area contributed by atoms with Crippen LogP contribution in [-0.2, 0) is 0 Å². The summed E-state index contributed by atoms with van der Waals surface area (Å²) in [5.41, 5.74) is 0.884. The molecule has 4 heteroatoms. The Hall–Kier alpha value is -1.97. The van der Waals surface area contributed by atoms with Crippen LogP contribution in [0.25, 0.3) is 11.4 Å². The van der Waals surface area contributed by atoms with Crippen molar-refractivity contribution in [2.75, 3.05) is 0 Å². The van der Waals surface area contributed by atoms with Crippen LogP contribution in [0, 0.1) is 0 Å². The molecule has 0 saturated carbocycles. The number of nitrogens with zero attached hydrogens (tertiary/aromatic N) is 3. The van der Waals surface area contributed by atoms with Crippen molar-refractivity contribution in [1.29, 1.82) is 0 Å². The maximum atomic E-state index is 8.97. The normalized spacial score (nSPS) is 9.85. The van der Waals surface area contributed by atoms with Gasteiger partial charge in [0.1, 0.15) is 0 Å². The number of rotatable bonds is 1. The van der Waals surface area contributed by atoms with Gasteiger partial charge in [-0.2, -0.15) is 0 Å². The zero-order chi connectivity index (χ0) is 9.10. The Kier molecular flexibility index (Phi) is 1.88. The van der Waals surface area contributed by atoms with Gasteiger partial charge in [0.05, 0.1) is 12.4 Å². The first-order valence-corrected chi connectivity index (χ1v) is 3.77. The standard InChI is InChI=1S/C9H7N3O/c13-8-5-11-9(12-6-8)7-1-3-10-4-2-7/h1-6,13H. The second-order valence-electron chi connectivity index (χ2n) is 2.50. The summed E-state index contributed by atoms with van der Waals surface area (Å²) >= 11 is 0. The number of hydrogen-bond acceptors (Lipinski definition) is 4. The van der Waals surface area contributed by atoms with E-state index in [1.807, 2.05) is 12.1 Å². The molecule has 2 heterocycles. The van der Waals surface area contributed by atoms with E-state index in [-0.39, 0.29) is 5.75 Å². The second kappa shape index (κ2) is 3.18. The van der Waals surface area contributed by atoms with Crippen LogP contribution >= 0.6 is 0 Å². The molecule has 4 nitrogen and oxygen atoms in total. The second-order valence-corrected chi connectivity index (χ2v) is 2.50. The zero-order valence-corrected chi connectivity index (χ0v) is 6.75. The van der Waals surface area contributed by atoms with Crippen LogP contribution < -0.4 is 0 Å². The van der Waals surface area contributed by atoms with E-state index >= 15 is 0 Å². The lowest BCUT2D eigenvalue weighted by Crippen LogP contribution is -1.86. The lowest BCUT2D eigenvalue weighted by molar-refractivity contribution is 0.470. The summed E-state index contributed by atoms with van der Waals surface area (Å²) in [6, 6.07) is 3.62. The fourth-order valence-corrected chi connectivity index (χ4v) is 0.971. The number of hydrogen-bond donors (Lipinski definition) is 1. The summed E-state index contributed by atoms with van der Waals surface area (Å²) < 4.78 is 0. The molecular weight excluding hydrogens is 166 g/mol. The minimum absolute atomic E-state index is 0.0674. The van der Waals surface area contributed by atoms with Crippen LogP contribution in [0.5, 0.6) is 5.75 Å². The molecule has 0 atom stereocenters. The van der Waals surface area contributed by atoms with Crippen LogP contribution in [0.15, 0.2) is 36.9 Å². The van der Waals surface area contributed by atoms with Crippen LogP contribution in [0.1, 0.15) is 0 Å². The van der Waals surface area contributed by atoms with Crippen molar-refractivity contribution in [1.82, 2.24) is 15.0 Å². The van der Waals surface area contributed by atoms with Crippen molar-refractivity contribution < 1.29 is 5.11 Å². The molecule has 13 heavy (non-hydrogen) atoms. The Morgan fingerprint density at radius 2 is 1.62 bits per heavy atom. The first-order valence-electron chi connectivity index (χ1n) is 3.77. The SMILES string of the molecule is Oc1cnc(-c2ccncc2)nc1. The summed E-state index contributed by atoms with van der Waals surface area (Å²) in [5.74, 6) is 0.651. The molecule has 2 aromatic rings. The van der Waals surface area contributed by atoms with Gasteiger partial charge < -0.3 is 5.11 Å². The van der Waals surface area contributed by atoms with Gasteiger partial charge in [-0.15, -0.1) is 0 Å². The van der Waals surface area contributed by atoms with E-state index in [2.05, 4.69) is 15.0 Å². The van der Waals surface area contributed by atoms with E-state index in [1.165, 1.54) is 12.4 Å². The smallest absolute Gasteiger partial charge is 0.159 e. The molecule has 1 N–H and O–H groups in total. The fourth-order valence-electron chi connectivity index (χ4n) is 0.971. The third-order valence-electron chi connectivity index (χ3n) is 1.58. The Morgan fingerprint density at radius 3 is 2.23 bits per heavy atom. The van der Waals surface area contributed by atoms with E-state index in [9.17, 15) is 0 Å². The van der Waals surface area contributed by atoms with Crippen molar-refractivity contribution in [3.8, 4) is 17.1 Å². The van der Waals surface area contributed by atoms with Crippen LogP contribution in [0.2, 0.25) is 0 Å². The molecule has 0 saturated heterocycles. The number of aromatic nitrogens is 3. The highest BCUT2D eigenvalue weighted by Crippen LogP contribution is 2.13. The first-order chi connectivity index (χ1) is 6.36. The summed E-state index contributed by atoms with van der Waals surface area (Å²) in [6.45, 7) is 0. The molecule has 64 valence electrons. The van der Waals surface area contributed by atoms with Crippen LogP contribution in [0.3, 0.4) is 0 Å². The molecule has 2 rings (SSSR count). The van der Waals surface area contributed by atoms with Crippen molar-refractivity contribution >= 4 is 0 Å². The molecule has 0 aliphatic heterocycles. The Balaban J connectivity index is 2.42. The molecule has 0 spiro atoms. The van der Waals surface area contributed by atoms with E-state index in [0.29, 0.717) is 5.82 Å². The Morgan fingerprint density at radius 1 is 1.00 bits per heavy atom. The van der Waals surface area contributed by atoms with E-state index < -0.39 is 0 Å². The third kappa shape index (κ3) is 1.61. The summed E-state index contributed by atoms with van der Waals surface area (Å²) in [7, 11) is 0. The zero-order valence-electron chi connectivity index (χ0n) is 6.75. The highest BCUT2D eigenvalue weighted by atomic mass is 16.3. The average Bonchev–Trinajstić information content (AvgIpc) is 2.20. The molecular formula is C9H7N3O.